The molecule has 120 valence electrons. The van der Waals surface area contributed by atoms with Gasteiger partial charge in [-0.15, -0.1) is 0 Å². The van der Waals surface area contributed by atoms with Gasteiger partial charge in [0.15, 0.2) is 0 Å². The first-order chi connectivity index (χ1) is 10.2. The summed E-state index contributed by atoms with van der Waals surface area (Å²) in [6.45, 7) is 0. The summed E-state index contributed by atoms with van der Waals surface area (Å²) in [7, 11) is -3.83. The lowest BCUT2D eigenvalue weighted by Crippen LogP contribution is -2.40. The fraction of sp³-hybridized carbons (Fsp3) is 0.500. The minimum Gasteiger partial charge on any atom is -0.208 e. The number of nitrogens with one attached hydrogen (secondary N) is 1. The minimum atomic E-state index is -4.22. The number of nitrogens with zero attached hydrogens (tertiary/aromatic N) is 1. The van der Waals surface area contributed by atoms with E-state index in [2.05, 4.69) is 4.72 Å². The molecule has 1 aliphatic carbocycles. The van der Waals surface area contributed by atoms with Crippen LogP contribution in [-0.2, 0) is 10.0 Å². The van der Waals surface area contributed by atoms with E-state index in [4.69, 9.17) is 5.26 Å². The van der Waals surface area contributed by atoms with Crippen molar-refractivity contribution in [3.8, 4) is 6.07 Å². The highest BCUT2D eigenvalue weighted by Gasteiger charge is 2.41. The Labute approximate surface area is 127 Å². The summed E-state index contributed by atoms with van der Waals surface area (Å²) < 4.78 is 64.6. The summed E-state index contributed by atoms with van der Waals surface area (Å²) in [6.07, 6.45) is -4.06. The van der Waals surface area contributed by atoms with Gasteiger partial charge in [-0.3, -0.25) is 0 Å². The molecule has 8 heteroatoms. The zero-order chi connectivity index (χ0) is 16.4. The first-order valence-corrected chi connectivity index (χ1v) is 8.30. The molecule has 1 aliphatic rings. The second-order valence-electron chi connectivity index (χ2n) is 5.35. The van der Waals surface area contributed by atoms with Gasteiger partial charge in [-0.25, -0.2) is 13.1 Å². The first-order valence-electron chi connectivity index (χ1n) is 6.81. The van der Waals surface area contributed by atoms with Gasteiger partial charge in [-0.2, -0.15) is 18.4 Å². The van der Waals surface area contributed by atoms with Crippen LogP contribution in [-0.4, -0.2) is 20.6 Å². The standard InChI is InChI=1S/C14H15F3N2O2S/c15-14(16,17)11-4-6-12(7-5-11)19-22(20,21)13-3-1-2-10(8-13)9-18/h1-3,8,11-12,19H,4-7H2. The lowest BCUT2D eigenvalue weighted by Gasteiger charge is -2.30. The lowest BCUT2D eigenvalue weighted by atomic mass is 9.86. The van der Waals surface area contributed by atoms with E-state index in [1.807, 2.05) is 6.07 Å². The van der Waals surface area contributed by atoms with Crippen LogP contribution in [0.4, 0.5) is 13.2 Å². The van der Waals surface area contributed by atoms with Crippen LogP contribution in [0.25, 0.3) is 0 Å². The minimum absolute atomic E-state index is 0.0514. The fourth-order valence-electron chi connectivity index (χ4n) is 2.56. The zero-order valence-electron chi connectivity index (χ0n) is 11.6. The Hall–Kier alpha value is -1.59. The zero-order valence-corrected chi connectivity index (χ0v) is 12.4. The van der Waals surface area contributed by atoms with E-state index in [0.29, 0.717) is 0 Å². The van der Waals surface area contributed by atoms with Crippen LogP contribution in [0.5, 0.6) is 0 Å². The Bertz CT molecular complexity index is 672. The van der Waals surface area contributed by atoms with Gasteiger partial charge in [0.1, 0.15) is 0 Å². The summed E-state index contributed by atoms with van der Waals surface area (Å²) in [5.41, 5.74) is 0.212. The van der Waals surface area contributed by atoms with Crippen molar-refractivity contribution < 1.29 is 21.6 Å². The van der Waals surface area contributed by atoms with Gasteiger partial charge in [0, 0.05) is 6.04 Å². The van der Waals surface area contributed by atoms with Gasteiger partial charge in [0.25, 0.3) is 0 Å². The highest BCUT2D eigenvalue weighted by molar-refractivity contribution is 7.89. The van der Waals surface area contributed by atoms with Gasteiger partial charge >= 0.3 is 6.18 Å². The maximum atomic E-state index is 12.6. The van der Waals surface area contributed by atoms with Crippen LogP contribution in [0.3, 0.4) is 0 Å². The van der Waals surface area contributed by atoms with E-state index in [1.54, 1.807) is 0 Å². The Morgan fingerprint density at radius 2 is 1.82 bits per heavy atom. The molecule has 0 radical (unpaired) electrons. The average Bonchev–Trinajstić information content (AvgIpc) is 2.46. The summed E-state index contributed by atoms with van der Waals surface area (Å²) in [5.74, 6) is -1.35. The molecule has 1 aromatic carbocycles. The second kappa shape index (κ2) is 6.26. The molecule has 0 amide bonds. The van der Waals surface area contributed by atoms with Crippen molar-refractivity contribution >= 4 is 10.0 Å². The molecule has 2 rings (SSSR count). The number of hydrogen-bond acceptors (Lipinski definition) is 3. The molecule has 0 aliphatic heterocycles. The molecule has 1 saturated carbocycles. The maximum Gasteiger partial charge on any atom is 0.391 e. The van der Waals surface area contributed by atoms with Crippen molar-refractivity contribution in [1.82, 2.24) is 4.72 Å². The summed E-state index contributed by atoms with van der Waals surface area (Å²) >= 11 is 0. The van der Waals surface area contributed by atoms with Crippen molar-refractivity contribution in [3.63, 3.8) is 0 Å². The Morgan fingerprint density at radius 1 is 1.18 bits per heavy atom. The van der Waals surface area contributed by atoms with Gasteiger partial charge in [-0.1, -0.05) is 6.07 Å². The molecule has 0 saturated heterocycles. The number of rotatable bonds is 3. The molecule has 0 bridgehead atoms. The molecular formula is C14H15F3N2O2S. The third kappa shape index (κ3) is 3.99. The number of sulfonamides is 1. The van der Waals surface area contributed by atoms with Crippen molar-refractivity contribution in [2.45, 2.75) is 42.8 Å². The van der Waals surface area contributed by atoms with Gasteiger partial charge in [-0.05, 0) is 43.9 Å². The predicted molar refractivity (Wildman–Crippen MR) is 73.3 cm³/mol. The van der Waals surface area contributed by atoms with Crippen LogP contribution < -0.4 is 4.72 Å². The average molecular weight is 332 g/mol. The van der Waals surface area contributed by atoms with Crippen LogP contribution in [0.2, 0.25) is 0 Å². The summed E-state index contributed by atoms with van der Waals surface area (Å²) in [5, 5.41) is 8.78. The largest absolute Gasteiger partial charge is 0.391 e. The van der Waals surface area contributed by atoms with Crippen LogP contribution in [0.1, 0.15) is 31.2 Å². The molecule has 0 spiro atoms. The lowest BCUT2D eigenvalue weighted by molar-refractivity contribution is -0.182. The van der Waals surface area contributed by atoms with E-state index in [-0.39, 0.29) is 36.1 Å². The van der Waals surface area contributed by atoms with Gasteiger partial charge in [0.05, 0.1) is 22.4 Å². The number of hydrogen-bond donors (Lipinski definition) is 1. The van der Waals surface area contributed by atoms with Crippen molar-refractivity contribution in [2.24, 2.45) is 5.92 Å². The molecule has 4 nitrogen and oxygen atoms in total. The number of alkyl halides is 3. The Balaban J connectivity index is 2.03. The smallest absolute Gasteiger partial charge is 0.208 e. The molecule has 0 unspecified atom stereocenters. The summed E-state index contributed by atoms with van der Waals surface area (Å²) in [4.78, 5) is -0.0514. The van der Waals surface area contributed by atoms with E-state index < -0.39 is 28.2 Å². The van der Waals surface area contributed by atoms with E-state index in [1.165, 1.54) is 24.3 Å². The highest BCUT2D eigenvalue weighted by Crippen LogP contribution is 2.37. The van der Waals surface area contributed by atoms with Gasteiger partial charge < -0.3 is 0 Å². The molecule has 1 aromatic rings. The maximum absolute atomic E-state index is 12.6. The highest BCUT2D eigenvalue weighted by atomic mass is 32.2. The topological polar surface area (TPSA) is 70.0 Å². The Kier molecular flexibility index (Phi) is 4.78. The van der Waals surface area contributed by atoms with E-state index in [0.717, 1.165) is 0 Å². The number of halogens is 3. The second-order valence-corrected chi connectivity index (χ2v) is 7.07. The number of benzene rings is 1. The Morgan fingerprint density at radius 3 is 2.36 bits per heavy atom. The van der Waals surface area contributed by atoms with Crippen molar-refractivity contribution in [1.29, 1.82) is 5.26 Å². The third-order valence-electron chi connectivity index (χ3n) is 3.79. The molecular weight excluding hydrogens is 317 g/mol. The summed E-state index contributed by atoms with van der Waals surface area (Å²) in [6, 6.07) is 6.87. The van der Waals surface area contributed by atoms with Crippen LogP contribution >= 0.6 is 0 Å². The van der Waals surface area contributed by atoms with Crippen LogP contribution in [0, 0.1) is 17.2 Å². The fourth-order valence-corrected chi connectivity index (χ4v) is 3.91. The molecule has 1 fully saturated rings. The first kappa shape index (κ1) is 16.8. The quantitative estimate of drug-likeness (QED) is 0.925. The monoisotopic (exact) mass is 332 g/mol. The molecule has 0 heterocycles. The van der Waals surface area contributed by atoms with E-state index in [9.17, 15) is 21.6 Å². The normalized spacial score (nSPS) is 23.0. The molecule has 22 heavy (non-hydrogen) atoms. The third-order valence-corrected chi connectivity index (χ3v) is 5.30. The van der Waals surface area contributed by atoms with Crippen LogP contribution in [0.15, 0.2) is 29.2 Å². The molecule has 0 aromatic heterocycles. The van der Waals surface area contributed by atoms with Gasteiger partial charge in [0.2, 0.25) is 10.0 Å². The SMILES string of the molecule is N#Cc1cccc(S(=O)(=O)NC2CCC(C(F)(F)F)CC2)c1. The van der Waals surface area contributed by atoms with Crippen molar-refractivity contribution in [3.05, 3.63) is 29.8 Å². The predicted octanol–water partition coefficient (Wildman–Crippen LogP) is 2.96. The van der Waals surface area contributed by atoms with E-state index >= 15 is 0 Å². The molecule has 1 N–H and O–H groups in total. The molecule has 0 atom stereocenters. The number of nitriles is 1. The van der Waals surface area contributed by atoms with Crippen molar-refractivity contribution in [2.75, 3.05) is 0 Å².